The molecule has 0 fully saturated rings. The summed E-state index contributed by atoms with van der Waals surface area (Å²) >= 11 is 0. The Hall–Kier alpha value is -3.33. The van der Waals surface area contributed by atoms with Gasteiger partial charge >= 0.3 is 0 Å². The van der Waals surface area contributed by atoms with Crippen LogP contribution in [0.1, 0.15) is 0 Å². The van der Waals surface area contributed by atoms with Gasteiger partial charge in [-0.2, -0.15) is 5.26 Å². The second-order valence-electron chi connectivity index (χ2n) is 4.50. The lowest BCUT2D eigenvalue weighted by molar-refractivity contribution is -0.112. The molecule has 116 valence electrons. The molecule has 1 amide bonds. The molecule has 0 aliphatic rings. The summed E-state index contributed by atoms with van der Waals surface area (Å²) in [5.74, 6) is -0.249. The predicted molar refractivity (Wildman–Crippen MR) is 85.3 cm³/mol. The third kappa shape index (κ3) is 4.58. The average molecular weight is 311 g/mol. The van der Waals surface area contributed by atoms with Crippen LogP contribution in [0.2, 0.25) is 0 Å². The number of hydrogen-bond acceptors (Lipinski definition) is 4. The smallest absolute Gasteiger partial charge is 0.267 e. The third-order valence-electron chi connectivity index (χ3n) is 2.94. The number of carbonyl (C=O) groups is 1. The molecular weight excluding hydrogens is 297 g/mol. The number of hydrogen-bond donors (Lipinski definition) is 2. The number of halogens is 1. The van der Waals surface area contributed by atoms with E-state index in [9.17, 15) is 9.18 Å². The summed E-state index contributed by atoms with van der Waals surface area (Å²) < 4.78 is 17.8. The van der Waals surface area contributed by atoms with E-state index in [1.54, 1.807) is 31.4 Å². The van der Waals surface area contributed by atoms with Gasteiger partial charge in [-0.1, -0.05) is 0 Å². The molecule has 2 aromatic carbocycles. The Morgan fingerprint density at radius 3 is 2.30 bits per heavy atom. The Labute approximate surface area is 133 Å². The summed E-state index contributed by atoms with van der Waals surface area (Å²) in [6.07, 6.45) is 1.27. The van der Waals surface area contributed by atoms with Crippen molar-refractivity contribution in [2.24, 2.45) is 0 Å². The van der Waals surface area contributed by atoms with Crippen molar-refractivity contribution in [3.05, 3.63) is 66.1 Å². The Balaban J connectivity index is 2.03. The standard InChI is InChI=1S/C17H14FN3O2/c1-23-16-8-6-15(7-9-16)21-17(22)12(10-19)11-20-14-4-2-13(18)3-5-14/h2-9,11,20H,1H3,(H,21,22)/b12-11-. The highest BCUT2D eigenvalue weighted by Gasteiger charge is 2.09. The molecule has 0 spiro atoms. The molecular formula is C17H14FN3O2. The van der Waals surface area contributed by atoms with Gasteiger partial charge in [0.25, 0.3) is 5.91 Å². The molecule has 2 aromatic rings. The van der Waals surface area contributed by atoms with Crippen molar-refractivity contribution < 1.29 is 13.9 Å². The van der Waals surface area contributed by atoms with Crippen LogP contribution in [0.4, 0.5) is 15.8 Å². The molecule has 0 saturated heterocycles. The molecule has 6 heteroatoms. The normalized spacial score (nSPS) is 10.6. The van der Waals surface area contributed by atoms with Crippen LogP contribution in [-0.4, -0.2) is 13.0 Å². The molecule has 0 aliphatic heterocycles. The second-order valence-corrected chi connectivity index (χ2v) is 4.50. The SMILES string of the molecule is COc1ccc(NC(=O)/C(C#N)=C\Nc2ccc(F)cc2)cc1. The maximum absolute atomic E-state index is 12.8. The van der Waals surface area contributed by atoms with Gasteiger partial charge in [0.2, 0.25) is 0 Å². The molecule has 23 heavy (non-hydrogen) atoms. The van der Waals surface area contributed by atoms with Crippen molar-refractivity contribution in [2.75, 3.05) is 17.7 Å². The predicted octanol–water partition coefficient (Wildman–Crippen LogP) is 3.29. The molecule has 0 aromatic heterocycles. The summed E-state index contributed by atoms with van der Waals surface area (Å²) in [6.45, 7) is 0. The first-order chi connectivity index (χ1) is 11.1. The van der Waals surface area contributed by atoms with Crippen molar-refractivity contribution in [2.45, 2.75) is 0 Å². The van der Waals surface area contributed by atoms with E-state index in [2.05, 4.69) is 10.6 Å². The van der Waals surface area contributed by atoms with Crippen molar-refractivity contribution in [3.63, 3.8) is 0 Å². The largest absolute Gasteiger partial charge is 0.497 e. The lowest BCUT2D eigenvalue weighted by Gasteiger charge is -2.06. The second kappa shape index (κ2) is 7.61. The van der Waals surface area contributed by atoms with E-state index < -0.39 is 5.91 Å². The fourth-order valence-electron chi connectivity index (χ4n) is 1.72. The topological polar surface area (TPSA) is 74.1 Å². The van der Waals surface area contributed by atoms with Gasteiger partial charge in [-0.25, -0.2) is 4.39 Å². The minimum Gasteiger partial charge on any atom is -0.497 e. The summed E-state index contributed by atoms with van der Waals surface area (Å²) in [5, 5.41) is 14.5. The number of rotatable bonds is 5. The highest BCUT2D eigenvalue weighted by Crippen LogP contribution is 2.16. The summed E-state index contributed by atoms with van der Waals surface area (Å²) in [6, 6.07) is 14.1. The van der Waals surface area contributed by atoms with Gasteiger partial charge in [-0.15, -0.1) is 0 Å². The van der Waals surface area contributed by atoms with Crippen LogP contribution < -0.4 is 15.4 Å². The molecule has 2 rings (SSSR count). The molecule has 0 unspecified atom stereocenters. The summed E-state index contributed by atoms with van der Waals surface area (Å²) in [4.78, 5) is 12.0. The first-order valence-corrected chi connectivity index (χ1v) is 6.70. The van der Waals surface area contributed by atoms with Crippen LogP contribution in [0.5, 0.6) is 5.75 Å². The lowest BCUT2D eigenvalue weighted by Crippen LogP contribution is -2.14. The number of nitrogens with zero attached hydrogens (tertiary/aromatic N) is 1. The Kier molecular flexibility index (Phi) is 5.31. The highest BCUT2D eigenvalue weighted by atomic mass is 19.1. The minimum atomic E-state index is -0.549. The van der Waals surface area contributed by atoms with Crippen LogP contribution in [0.3, 0.4) is 0 Å². The molecule has 2 N–H and O–H groups in total. The van der Waals surface area contributed by atoms with Crippen LogP contribution in [0, 0.1) is 17.1 Å². The average Bonchev–Trinajstić information content (AvgIpc) is 2.58. The maximum Gasteiger partial charge on any atom is 0.267 e. The monoisotopic (exact) mass is 311 g/mol. The summed E-state index contributed by atoms with van der Waals surface area (Å²) in [5.41, 5.74) is 1.00. The number of nitriles is 1. The number of amides is 1. The van der Waals surface area contributed by atoms with E-state index >= 15 is 0 Å². The number of methoxy groups -OCH3 is 1. The van der Waals surface area contributed by atoms with E-state index in [0.717, 1.165) is 0 Å². The van der Waals surface area contributed by atoms with Crippen LogP contribution in [0.25, 0.3) is 0 Å². The fraction of sp³-hybridized carbons (Fsp3) is 0.0588. The third-order valence-corrected chi connectivity index (χ3v) is 2.94. The van der Waals surface area contributed by atoms with Gasteiger partial charge in [0, 0.05) is 17.6 Å². The molecule has 5 nitrogen and oxygen atoms in total. The Morgan fingerprint density at radius 2 is 1.74 bits per heavy atom. The molecule has 0 aliphatic carbocycles. The van der Waals surface area contributed by atoms with Gasteiger partial charge < -0.3 is 15.4 Å². The first-order valence-electron chi connectivity index (χ1n) is 6.70. The number of nitrogens with one attached hydrogen (secondary N) is 2. The number of carbonyl (C=O) groups excluding carboxylic acids is 1. The molecule has 0 bridgehead atoms. The zero-order valence-corrected chi connectivity index (χ0v) is 12.3. The van der Waals surface area contributed by atoms with E-state index in [-0.39, 0.29) is 11.4 Å². The van der Waals surface area contributed by atoms with Crippen molar-refractivity contribution in [3.8, 4) is 11.8 Å². The van der Waals surface area contributed by atoms with Gasteiger partial charge in [0.1, 0.15) is 23.2 Å². The fourth-order valence-corrected chi connectivity index (χ4v) is 1.72. The number of benzene rings is 2. The van der Waals surface area contributed by atoms with Gasteiger partial charge in [-0.3, -0.25) is 4.79 Å². The van der Waals surface area contributed by atoms with Crippen LogP contribution >= 0.6 is 0 Å². The maximum atomic E-state index is 12.8. The molecule has 0 atom stereocenters. The van der Waals surface area contributed by atoms with Crippen molar-refractivity contribution in [1.82, 2.24) is 0 Å². The first kappa shape index (κ1) is 16.0. The summed E-state index contributed by atoms with van der Waals surface area (Å²) in [7, 11) is 1.55. The van der Waals surface area contributed by atoms with Crippen LogP contribution in [-0.2, 0) is 4.79 Å². The van der Waals surface area contributed by atoms with E-state index in [4.69, 9.17) is 10.00 Å². The number of ether oxygens (including phenoxy) is 1. The molecule has 0 heterocycles. The molecule has 0 saturated carbocycles. The minimum absolute atomic E-state index is 0.106. The van der Waals surface area contributed by atoms with Gasteiger partial charge in [0.05, 0.1) is 7.11 Å². The zero-order valence-electron chi connectivity index (χ0n) is 12.3. The Morgan fingerprint density at radius 1 is 1.13 bits per heavy atom. The van der Waals surface area contributed by atoms with Gasteiger partial charge in [0.15, 0.2) is 0 Å². The lowest BCUT2D eigenvalue weighted by atomic mass is 10.2. The molecule has 0 radical (unpaired) electrons. The zero-order chi connectivity index (χ0) is 16.7. The van der Waals surface area contributed by atoms with Gasteiger partial charge in [-0.05, 0) is 48.5 Å². The van der Waals surface area contributed by atoms with E-state index in [1.807, 2.05) is 6.07 Å². The van der Waals surface area contributed by atoms with Crippen LogP contribution in [0.15, 0.2) is 60.3 Å². The van der Waals surface area contributed by atoms with Crippen molar-refractivity contribution >= 4 is 17.3 Å². The quantitative estimate of drug-likeness (QED) is 0.656. The number of anilines is 2. The highest BCUT2D eigenvalue weighted by molar-refractivity contribution is 6.06. The van der Waals surface area contributed by atoms with E-state index in [1.165, 1.54) is 30.5 Å². The van der Waals surface area contributed by atoms with E-state index in [0.29, 0.717) is 17.1 Å². The Bertz CT molecular complexity index is 747. The van der Waals surface area contributed by atoms with Crippen molar-refractivity contribution in [1.29, 1.82) is 5.26 Å².